The molecule has 186 valence electrons. The van der Waals surface area contributed by atoms with Gasteiger partial charge in [0.05, 0.1) is 17.5 Å². The van der Waals surface area contributed by atoms with Crippen LogP contribution in [0.5, 0.6) is 0 Å². The first kappa shape index (κ1) is 24.8. The van der Waals surface area contributed by atoms with Crippen molar-refractivity contribution in [2.75, 3.05) is 0 Å². The zero-order valence-electron chi connectivity index (χ0n) is 20.4. The molecule has 2 aromatic heterocycles. The highest BCUT2D eigenvalue weighted by Crippen LogP contribution is 2.39. The maximum Gasteiger partial charge on any atom is 0.416 e. The Balaban J connectivity index is 1.64. The average Bonchev–Trinajstić information content (AvgIpc) is 3.34. The molecule has 0 saturated heterocycles. The lowest BCUT2D eigenvalue weighted by atomic mass is 9.71. The number of rotatable bonds is 8. The first-order valence-corrected chi connectivity index (χ1v) is 12.2. The van der Waals surface area contributed by atoms with Crippen molar-refractivity contribution in [3.05, 3.63) is 139 Å². The molecule has 37 heavy (non-hydrogen) atoms. The topological polar surface area (TPSA) is 30.2 Å². The van der Waals surface area contributed by atoms with Gasteiger partial charge in [-0.05, 0) is 47.7 Å². The normalized spacial score (nSPS) is 12.2. The standard InChI is InChI=1S/C31H26F3N3/c1-2-18-30(20-23-9-5-3-6-10-23,21-24-11-7-4-8-12-24)28-17-19-35-29-27(22-36-37(28)29)25-13-15-26(16-14-25)31(32,33)34/h3-20,22H,2,21H2,1H3. The van der Waals surface area contributed by atoms with Crippen LogP contribution < -0.4 is 0 Å². The molecule has 0 aliphatic heterocycles. The zero-order valence-corrected chi connectivity index (χ0v) is 20.4. The van der Waals surface area contributed by atoms with Crippen molar-refractivity contribution in [3.63, 3.8) is 0 Å². The van der Waals surface area contributed by atoms with Gasteiger partial charge in [-0.1, -0.05) is 86.1 Å². The fraction of sp³-hybridized carbons (Fsp3) is 0.161. The Bertz CT molecular complexity index is 1420. The fourth-order valence-electron chi connectivity index (χ4n) is 4.88. The Morgan fingerprint density at radius 3 is 2.16 bits per heavy atom. The van der Waals surface area contributed by atoms with E-state index in [0.29, 0.717) is 23.2 Å². The molecule has 0 fully saturated rings. The molecule has 3 aromatic carbocycles. The molecule has 2 radical (unpaired) electrons. The molecule has 0 bridgehead atoms. The number of halogens is 3. The van der Waals surface area contributed by atoms with Crippen LogP contribution in [0.4, 0.5) is 13.2 Å². The highest BCUT2D eigenvalue weighted by Gasteiger charge is 2.36. The largest absolute Gasteiger partial charge is 0.416 e. The molecule has 1 unspecified atom stereocenters. The summed E-state index contributed by atoms with van der Waals surface area (Å²) in [4.78, 5) is 4.59. The van der Waals surface area contributed by atoms with Gasteiger partial charge < -0.3 is 0 Å². The van der Waals surface area contributed by atoms with Crippen LogP contribution in [0.15, 0.2) is 103 Å². The molecule has 2 heterocycles. The van der Waals surface area contributed by atoms with Gasteiger partial charge in [0.1, 0.15) is 0 Å². The first-order chi connectivity index (χ1) is 17.9. The molecule has 0 N–H and O–H groups in total. The second-order valence-electron chi connectivity index (χ2n) is 9.07. The molecule has 3 nitrogen and oxygen atoms in total. The number of nitrogens with zero attached hydrogens (tertiary/aromatic N) is 3. The van der Waals surface area contributed by atoms with Gasteiger partial charge in [-0.3, -0.25) is 0 Å². The Hall–Kier alpha value is -3.93. The molecule has 0 aliphatic rings. The summed E-state index contributed by atoms with van der Waals surface area (Å²) in [6.45, 7) is 2.12. The van der Waals surface area contributed by atoms with E-state index in [0.717, 1.165) is 29.8 Å². The molecular formula is C31H26F3N3. The zero-order chi connectivity index (χ0) is 25.9. The van der Waals surface area contributed by atoms with Gasteiger partial charge in [-0.2, -0.15) is 18.3 Å². The van der Waals surface area contributed by atoms with Crippen molar-refractivity contribution in [3.8, 4) is 11.1 Å². The summed E-state index contributed by atoms with van der Waals surface area (Å²) >= 11 is 0. The van der Waals surface area contributed by atoms with Crippen molar-refractivity contribution >= 4 is 5.65 Å². The molecule has 0 saturated carbocycles. The number of benzene rings is 3. The fourth-order valence-corrected chi connectivity index (χ4v) is 4.88. The van der Waals surface area contributed by atoms with Crippen molar-refractivity contribution in [1.82, 2.24) is 14.6 Å². The van der Waals surface area contributed by atoms with Crippen LogP contribution in [-0.4, -0.2) is 14.6 Å². The highest BCUT2D eigenvalue weighted by atomic mass is 19.4. The quantitative estimate of drug-likeness (QED) is 0.219. The molecule has 0 aliphatic carbocycles. The molecule has 0 amide bonds. The molecule has 5 aromatic rings. The van der Waals surface area contributed by atoms with Gasteiger partial charge in [0.25, 0.3) is 0 Å². The summed E-state index contributed by atoms with van der Waals surface area (Å²) in [6, 6.07) is 27.6. The third kappa shape index (κ3) is 5.15. The molecule has 1 atom stereocenters. The average molecular weight is 498 g/mol. The van der Waals surface area contributed by atoms with E-state index in [4.69, 9.17) is 0 Å². The summed E-state index contributed by atoms with van der Waals surface area (Å²) in [5.74, 6) is 0. The summed E-state index contributed by atoms with van der Waals surface area (Å²) in [5.41, 5.74) is 3.92. The third-order valence-electron chi connectivity index (χ3n) is 6.53. The van der Waals surface area contributed by atoms with Gasteiger partial charge in [0, 0.05) is 23.6 Å². The van der Waals surface area contributed by atoms with Crippen LogP contribution in [0.25, 0.3) is 16.8 Å². The first-order valence-electron chi connectivity index (χ1n) is 12.2. The second kappa shape index (κ2) is 10.2. The Morgan fingerprint density at radius 2 is 1.51 bits per heavy atom. The van der Waals surface area contributed by atoms with Gasteiger partial charge in [-0.15, -0.1) is 0 Å². The summed E-state index contributed by atoms with van der Waals surface area (Å²) in [6.07, 6.45) is 5.14. The number of aromatic nitrogens is 3. The molecular weight excluding hydrogens is 471 g/mol. The Labute approximate surface area is 214 Å². The monoisotopic (exact) mass is 497 g/mol. The molecule has 6 heteroatoms. The minimum atomic E-state index is -4.38. The maximum atomic E-state index is 13.1. The second-order valence-corrected chi connectivity index (χ2v) is 9.07. The number of alkyl halides is 3. The number of hydrogen-bond acceptors (Lipinski definition) is 2. The van der Waals surface area contributed by atoms with E-state index in [2.05, 4.69) is 54.1 Å². The van der Waals surface area contributed by atoms with Crippen LogP contribution in [-0.2, 0) is 18.0 Å². The summed E-state index contributed by atoms with van der Waals surface area (Å²) < 4.78 is 41.1. The Morgan fingerprint density at radius 1 is 0.838 bits per heavy atom. The van der Waals surface area contributed by atoms with Gasteiger partial charge >= 0.3 is 6.18 Å². The lowest BCUT2D eigenvalue weighted by Gasteiger charge is -2.34. The van der Waals surface area contributed by atoms with E-state index >= 15 is 0 Å². The summed E-state index contributed by atoms with van der Waals surface area (Å²) in [5, 5.41) is 4.69. The number of fused-ring (bicyclic) bond motifs is 1. The van der Waals surface area contributed by atoms with Gasteiger partial charge in [-0.25, -0.2) is 9.50 Å². The van der Waals surface area contributed by atoms with E-state index < -0.39 is 17.2 Å². The van der Waals surface area contributed by atoms with E-state index in [1.54, 1.807) is 12.4 Å². The highest BCUT2D eigenvalue weighted by molar-refractivity contribution is 5.77. The lowest BCUT2D eigenvalue weighted by molar-refractivity contribution is -0.137. The van der Waals surface area contributed by atoms with Crippen molar-refractivity contribution in [2.45, 2.75) is 31.4 Å². The molecule has 5 rings (SSSR count). The number of hydrogen-bond donors (Lipinski definition) is 0. The van der Waals surface area contributed by atoms with Crippen molar-refractivity contribution in [2.24, 2.45) is 0 Å². The smallest absolute Gasteiger partial charge is 0.236 e. The van der Waals surface area contributed by atoms with Crippen molar-refractivity contribution < 1.29 is 13.2 Å². The minimum Gasteiger partial charge on any atom is -0.236 e. The lowest BCUT2D eigenvalue weighted by Crippen LogP contribution is -2.33. The van der Waals surface area contributed by atoms with Crippen molar-refractivity contribution in [1.29, 1.82) is 0 Å². The van der Waals surface area contributed by atoms with Gasteiger partial charge in [0.15, 0.2) is 5.65 Å². The van der Waals surface area contributed by atoms with Crippen LogP contribution in [0.2, 0.25) is 0 Å². The van der Waals surface area contributed by atoms with E-state index in [1.165, 1.54) is 17.7 Å². The predicted octanol–water partition coefficient (Wildman–Crippen LogP) is 7.76. The third-order valence-corrected chi connectivity index (χ3v) is 6.53. The minimum absolute atomic E-state index is 0.512. The van der Waals surface area contributed by atoms with Crippen LogP contribution in [0, 0.1) is 12.8 Å². The van der Waals surface area contributed by atoms with Gasteiger partial charge in [0.2, 0.25) is 0 Å². The SMILES string of the molecule is CC[CH]C([CH]c1ccccc1)(Cc1ccccc1)c1ccnc2c(-c3ccc(C(F)(F)F)cc3)cnn12. The van der Waals surface area contributed by atoms with E-state index in [-0.39, 0.29) is 0 Å². The van der Waals surface area contributed by atoms with Crippen LogP contribution >= 0.6 is 0 Å². The van der Waals surface area contributed by atoms with E-state index in [1.807, 2.05) is 47.0 Å². The van der Waals surface area contributed by atoms with E-state index in [9.17, 15) is 13.2 Å². The molecule has 0 spiro atoms. The van der Waals surface area contributed by atoms with Crippen LogP contribution in [0.3, 0.4) is 0 Å². The predicted molar refractivity (Wildman–Crippen MR) is 140 cm³/mol. The maximum absolute atomic E-state index is 13.1. The summed E-state index contributed by atoms with van der Waals surface area (Å²) in [7, 11) is 0. The Kier molecular flexibility index (Phi) is 6.83. The van der Waals surface area contributed by atoms with Crippen LogP contribution in [0.1, 0.15) is 35.7 Å².